The summed E-state index contributed by atoms with van der Waals surface area (Å²) in [6.07, 6.45) is 6.85. The molecule has 0 aliphatic heterocycles. The average Bonchev–Trinajstić information content (AvgIpc) is 2.19. The van der Waals surface area contributed by atoms with E-state index in [2.05, 4.69) is 6.92 Å². The predicted octanol–water partition coefficient (Wildman–Crippen LogP) is -0.963. The van der Waals surface area contributed by atoms with E-state index in [9.17, 15) is 18.1 Å². The molecule has 0 heterocycles. The van der Waals surface area contributed by atoms with E-state index in [-0.39, 0.29) is 36.0 Å². The van der Waals surface area contributed by atoms with Crippen LogP contribution in [-0.2, 0) is 10.1 Å². The summed E-state index contributed by atoms with van der Waals surface area (Å²) < 4.78 is 31.0. The Bertz CT molecular complexity index is 254. The topological polar surface area (TPSA) is 77.4 Å². The average molecular weight is 274 g/mol. The summed E-state index contributed by atoms with van der Waals surface area (Å²) in [5.41, 5.74) is 0. The third-order valence-electron chi connectivity index (χ3n) is 2.59. The van der Waals surface area contributed by atoms with Crippen molar-refractivity contribution in [1.29, 1.82) is 0 Å². The fourth-order valence-corrected chi connectivity index (χ4v) is 2.15. The van der Waals surface area contributed by atoms with Crippen molar-refractivity contribution >= 4 is 10.1 Å². The van der Waals surface area contributed by atoms with Gasteiger partial charge in [0.2, 0.25) is 0 Å². The van der Waals surface area contributed by atoms with Gasteiger partial charge in [0, 0.05) is 5.75 Å². The van der Waals surface area contributed by atoms with Gasteiger partial charge in [-0.25, -0.2) is 8.42 Å². The van der Waals surface area contributed by atoms with Crippen molar-refractivity contribution in [2.24, 2.45) is 0 Å². The zero-order chi connectivity index (χ0) is 12.4. The van der Waals surface area contributed by atoms with Gasteiger partial charge in [0.05, 0.1) is 16.2 Å². The second kappa shape index (κ2) is 11.9. The molecule has 0 saturated heterocycles. The van der Waals surface area contributed by atoms with E-state index in [1.54, 1.807) is 0 Å². The molecule has 0 radical (unpaired) electrons. The molecule has 4 nitrogen and oxygen atoms in total. The molecule has 1 N–H and O–H groups in total. The van der Waals surface area contributed by atoms with Crippen molar-refractivity contribution in [1.82, 2.24) is 0 Å². The largest absolute Gasteiger partial charge is 1.00 e. The molecule has 0 aliphatic rings. The standard InChI is InChI=1S/C11H24O4S.Na/c1-2-3-4-5-6-7-8-11(12)9-10-16(13,14)15;/h11-12H,2-10H2,1H3,(H,13,14,15);/q;+1/p-1. The monoisotopic (exact) mass is 274 g/mol. The molecule has 0 saturated carbocycles. The minimum atomic E-state index is -4.17. The van der Waals surface area contributed by atoms with Gasteiger partial charge in [-0.3, -0.25) is 0 Å². The van der Waals surface area contributed by atoms with Crippen LogP contribution in [0, 0.1) is 0 Å². The number of aliphatic hydroxyl groups is 1. The summed E-state index contributed by atoms with van der Waals surface area (Å²) in [7, 11) is -4.17. The minimum absolute atomic E-state index is 0. The summed E-state index contributed by atoms with van der Waals surface area (Å²) >= 11 is 0. The smallest absolute Gasteiger partial charge is 0.748 e. The molecule has 0 aromatic carbocycles. The summed E-state index contributed by atoms with van der Waals surface area (Å²) in [5.74, 6) is -0.454. The van der Waals surface area contributed by atoms with Crippen LogP contribution in [-0.4, -0.2) is 29.9 Å². The first-order chi connectivity index (χ1) is 7.45. The number of rotatable bonds is 10. The Labute approximate surface area is 127 Å². The van der Waals surface area contributed by atoms with Crippen LogP contribution in [0.2, 0.25) is 0 Å². The SMILES string of the molecule is CCCCCCCCC(O)CCS(=O)(=O)[O-].[Na+]. The number of unbranched alkanes of at least 4 members (excludes halogenated alkanes) is 5. The minimum Gasteiger partial charge on any atom is -0.748 e. The Morgan fingerprint density at radius 3 is 2.12 bits per heavy atom. The van der Waals surface area contributed by atoms with Crippen molar-refractivity contribution in [3.05, 3.63) is 0 Å². The van der Waals surface area contributed by atoms with Crippen LogP contribution >= 0.6 is 0 Å². The molecule has 0 amide bonds. The molecule has 0 spiro atoms. The van der Waals surface area contributed by atoms with E-state index >= 15 is 0 Å². The molecule has 6 heteroatoms. The van der Waals surface area contributed by atoms with E-state index in [0.29, 0.717) is 6.42 Å². The number of hydrogen-bond donors (Lipinski definition) is 1. The van der Waals surface area contributed by atoms with Gasteiger partial charge in [0.1, 0.15) is 0 Å². The van der Waals surface area contributed by atoms with Crippen molar-refractivity contribution in [3.8, 4) is 0 Å². The van der Waals surface area contributed by atoms with Crippen LogP contribution < -0.4 is 29.6 Å². The Morgan fingerprint density at radius 2 is 1.59 bits per heavy atom. The second-order valence-electron chi connectivity index (χ2n) is 4.26. The zero-order valence-electron chi connectivity index (χ0n) is 11.0. The van der Waals surface area contributed by atoms with Gasteiger partial charge < -0.3 is 9.66 Å². The van der Waals surface area contributed by atoms with Crippen LogP contribution in [0.5, 0.6) is 0 Å². The summed E-state index contributed by atoms with van der Waals surface area (Å²) in [6.45, 7) is 2.16. The maximum absolute atomic E-state index is 10.3. The maximum Gasteiger partial charge on any atom is 1.00 e. The van der Waals surface area contributed by atoms with Crippen molar-refractivity contribution in [2.75, 3.05) is 5.75 Å². The van der Waals surface area contributed by atoms with Crippen LogP contribution in [0.15, 0.2) is 0 Å². The van der Waals surface area contributed by atoms with Gasteiger partial charge in [-0.2, -0.15) is 0 Å². The van der Waals surface area contributed by atoms with Crippen LogP contribution in [0.1, 0.15) is 58.3 Å². The van der Waals surface area contributed by atoms with Gasteiger partial charge in [-0.1, -0.05) is 45.4 Å². The third kappa shape index (κ3) is 16.9. The van der Waals surface area contributed by atoms with Crippen molar-refractivity contribution in [3.63, 3.8) is 0 Å². The molecular weight excluding hydrogens is 251 g/mol. The van der Waals surface area contributed by atoms with E-state index < -0.39 is 22.0 Å². The van der Waals surface area contributed by atoms with E-state index in [1.807, 2.05) is 0 Å². The molecule has 0 aromatic heterocycles. The van der Waals surface area contributed by atoms with Crippen LogP contribution in [0.3, 0.4) is 0 Å². The molecule has 0 aromatic rings. The molecular formula is C11H23NaO4S. The Kier molecular flexibility index (Phi) is 14.2. The number of aliphatic hydroxyl groups excluding tert-OH is 1. The predicted molar refractivity (Wildman–Crippen MR) is 63.2 cm³/mol. The van der Waals surface area contributed by atoms with Gasteiger partial charge in [0.15, 0.2) is 0 Å². The quantitative estimate of drug-likeness (QED) is 0.316. The Balaban J connectivity index is 0. The van der Waals surface area contributed by atoms with Gasteiger partial charge in [-0.05, 0) is 12.8 Å². The van der Waals surface area contributed by atoms with Crippen molar-refractivity contribution in [2.45, 2.75) is 64.4 Å². The molecule has 0 fully saturated rings. The van der Waals surface area contributed by atoms with E-state index in [4.69, 9.17) is 0 Å². The molecule has 17 heavy (non-hydrogen) atoms. The maximum atomic E-state index is 10.3. The molecule has 1 unspecified atom stereocenters. The van der Waals surface area contributed by atoms with Crippen LogP contribution in [0.4, 0.5) is 0 Å². The molecule has 1 atom stereocenters. The molecule has 0 bridgehead atoms. The van der Waals surface area contributed by atoms with Crippen molar-refractivity contribution < 1.29 is 47.6 Å². The first kappa shape index (κ1) is 20.2. The first-order valence-electron chi connectivity index (χ1n) is 6.07. The van der Waals surface area contributed by atoms with E-state index in [0.717, 1.165) is 12.8 Å². The van der Waals surface area contributed by atoms with Gasteiger partial charge in [-0.15, -0.1) is 0 Å². The van der Waals surface area contributed by atoms with Gasteiger partial charge >= 0.3 is 29.6 Å². The number of hydrogen-bond acceptors (Lipinski definition) is 4. The van der Waals surface area contributed by atoms with E-state index in [1.165, 1.54) is 25.7 Å². The Hall–Kier alpha value is 0.870. The molecule has 0 aliphatic carbocycles. The summed E-state index contributed by atoms with van der Waals surface area (Å²) in [5, 5.41) is 9.41. The zero-order valence-corrected chi connectivity index (χ0v) is 13.8. The summed E-state index contributed by atoms with van der Waals surface area (Å²) in [4.78, 5) is 0. The molecule has 0 rings (SSSR count). The fourth-order valence-electron chi connectivity index (χ4n) is 1.59. The third-order valence-corrected chi connectivity index (χ3v) is 3.33. The summed E-state index contributed by atoms with van der Waals surface area (Å²) in [6, 6.07) is 0. The Morgan fingerprint density at radius 1 is 1.06 bits per heavy atom. The fraction of sp³-hybridized carbons (Fsp3) is 1.00. The van der Waals surface area contributed by atoms with Gasteiger partial charge in [0.25, 0.3) is 0 Å². The van der Waals surface area contributed by atoms with Crippen LogP contribution in [0.25, 0.3) is 0 Å². The normalized spacial score (nSPS) is 13.1. The molecule has 98 valence electrons. The second-order valence-corrected chi connectivity index (χ2v) is 5.78. The first-order valence-corrected chi connectivity index (χ1v) is 7.65.